The topological polar surface area (TPSA) is 62.3 Å². The first-order chi connectivity index (χ1) is 13.5. The number of nitrogens with zero attached hydrogens (tertiary/aromatic N) is 2. The summed E-state index contributed by atoms with van der Waals surface area (Å²) in [6, 6.07) is 13.8. The van der Waals surface area contributed by atoms with Gasteiger partial charge in [0, 0.05) is 25.9 Å². The van der Waals surface area contributed by atoms with Crippen molar-refractivity contribution in [2.45, 2.75) is 26.3 Å². The molecule has 0 aliphatic carbocycles. The molecule has 5 nitrogen and oxygen atoms in total. The van der Waals surface area contributed by atoms with Crippen LogP contribution in [-0.2, 0) is 22.6 Å². The van der Waals surface area contributed by atoms with Crippen molar-refractivity contribution in [2.75, 3.05) is 13.1 Å². The van der Waals surface area contributed by atoms with Crippen LogP contribution < -0.4 is 5.32 Å². The molecule has 3 aromatic rings. The molecule has 0 unspecified atom stereocenters. The first kappa shape index (κ1) is 19.9. The fraction of sp³-hybridized carbons (Fsp3) is 0.286. The molecule has 2 aromatic carbocycles. The van der Waals surface area contributed by atoms with E-state index < -0.39 is 0 Å². The number of aryl methyl sites for hydroxylation is 1. The Morgan fingerprint density at radius 2 is 1.89 bits per heavy atom. The van der Waals surface area contributed by atoms with Crippen LogP contribution in [0.3, 0.4) is 0 Å². The lowest BCUT2D eigenvalue weighted by molar-refractivity contribution is -0.135. The Hall–Kier alpha value is -2.80. The number of halogens is 1. The van der Waals surface area contributed by atoms with Crippen LogP contribution in [0.2, 0.25) is 0 Å². The Labute approximate surface area is 167 Å². The Morgan fingerprint density at radius 3 is 2.61 bits per heavy atom. The van der Waals surface area contributed by atoms with Gasteiger partial charge in [-0.1, -0.05) is 24.3 Å². The molecule has 2 amide bonds. The smallest absolute Gasteiger partial charge is 0.239 e. The number of likely N-dealkylation sites (N-methyl/N-ethyl adjacent to an activating group) is 1. The van der Waals surface area contributed by atoms with E-state index in [0.29, 0.717) is 25.9 Å². The molecule has 1 heterocycles. The summed E-state index contributed by atoms with van der Waals surface area (Å²) in [5, 5.41) is 3.69. The number of thiazole rings is 1. The minimum absolute atomic E-state index is 0.0103. The molecule has 1 aromatic heterocycles. The van der Waals surface area contributed by atoms with Crippen LogP contribution in [0.1, 0.15) is 23.9 Å². The van der Waals surface area contributed by atoms with Gasteiger partial charge >= 0.3 is 0 Å². The highest BCUT2D eigenvalue weighted by atomic mass is 32.1. The second kappa shape index (κ2) is 9.41. The average Bonchev–Trinajstić information content (AvgIpc) is 3.13. The number of amides is 2. The second-order valence-corrected chi connectivity index (χ2v) is 7.50. The quantitative estimate of drug-likeness (QED) is 0.630. The summed E-state index contributed by atoms with van der Waals surface area (Å²) in [7, 11) is 0. The third-order valence-corrected chi connectivity index (χ3v) is 5.46. The predicted octanol–water partition coefficient (Wildman–Crippen LogP) is 3.53. The zero-order valence-electron chi connectivity index (χ0n) is 15.7. The van der Waals surface area contributed by atoms with E-state index in [1.54, 1.807) is 23.5 Å². The van der Waals surface area contributed by atoms with Gasteiger partial charge in [0.05, 0.1) is 21.8 Å². The second-order valence-electron chi connectivity index (χ2n) is 6.39. The number of aromatic nitrogens is 1. The number of carbonyl (C=O) groups excluding carboxylic acids is 2. The molecule has 0 aliphatic rings. The van der Waals surface area contributed by atoms with Crippen molar-refractivity contribution in [3.05, 3.63) is 64.9 Å². The van der Waals surface area contributed by atoms with E-state index in [-0.39, 0.29) is 24.2 Å². The van der Waals surface area contributed by atoms with Crippen LogP contribution in [-0.4, -0.2) is 34.8 Å². The first-order valence-corrected chi connectivity index (χ1v) is 10.00. The number of fused-ring (bicyclic) bond motifs is 1. The van der Waals surface area contributed by atoms with Gasteiger partial charge in [0.1, 0.15) is 5.82 Å². The number of hydrogen-bond acceptors (Lipinski definition) is 4. The molecule has 0 atom stereocenters. The summed E-state index contributed by atoms with van der Waals surface area (Å²) < 4.78 is 14.0. The summed E-state index contributed by atoms with van der Waals surface area (Å²) in [5.74, 6) is -0.621. The van der Waals surface area contributed by atoms with Crippen molar-refractivity contribution in [3.8, 4) is 0 Å². The Balaban J connectivity index is 1.48. The Bertz CT molecular complexity index is 923. The molecule has 146 valence electrons. The molecule has 0 radical (unpaired) electrons. The van der Waals surface area contributed by atoms with E-state index in [4.69, 9.17) is 0 Å². The summed E-state index contributed by atoms with van der Waals surface area (Å²) in [4.78, 5) is 30.7. The van der Waals surface area contributed by atoms with Gasteiger partial charge in [-0.05, 0) is 36.8 Å². The summed E-state index contributed by atoms with van der Waals surface area (Å²) in [6.07, 6.45) is 0.880. The van der Waals surface area contributed by atoms with Crippen molar-refractivity contribution >= 4 is 33.4 Å². The van der Waals surface area contributed by atoms with Crippen LogP contribution >= 0.6 is 11.3 Å². The van der Waals surface area contributed by atoms with E-state index in [9.17, 15) is 14.0 Å². The number of nitrogens with one attached hydrogen (secondary N) is 1. The molecule has 7 heteroatoms. The zero-order chi connectivity index (χ0) is 19.9. The molecule has 3 rings (SSSR count). The Kier molecular flexibility index (Phi) is 6.71. The van der Waals surface area contributed by atoms with Gasteiger partial charge < -0.3 is 10.2 Å². The Morgan fingerprint density at radius 1 is 1.14 bits per heavy atom. The lowest BCUT2D eigenvalue weighted by Gasteiger charge is -2.20. The zero-order valence-corrected chi connectivity index (χ0v) is 16.5. The monoisotopic (exact) mass is 399 g/mol. The molecular weight excluding hydrogens is 377 g/mol. The normalized spacial score (nSPS) is 10.8. The molecular formula is C21H22FN3O2S. The van der Waals surface area contributed by atoms with Crippen LogP contribution in [0, 0.1) is 5.82 Å². The highest BCUT2D eigenvalue weighted by molar-refractivity contribution is 7.18. The number of benzene rings is 2. The van der Waals surface area contributed by atoms with E-state index in [0.717, 1.165) is 20.8 Å². The SMILES string of the molecule is CCN(CC(=O)NCc1ccc(F)cc1)C(=O)CCc1nc2ccccc2s1. The van der Waals surface area contributed by atoms with Gasteiger partial charge in [0.25, 0.3) is 0 Å². The van der Waals surface area contributed by atoms with Crippen LogP contribution in [0.4, 0.5) is 4.39 Å². The molecule has 0 fully saturated rings. The molecule has 0 saturated heterocycles. The van der Waals surface area contributed by atoms with Crippen molar-refractivity contribution in [1.82, 2.24) is 15.2 Å². The highest BCUT2D eigenvalue weighted by Crippen LogP contribution is 2.22. The van der Waals surface area contributed by atoms with Gasteiger partial charge in [0.2, 0.25) is 11.8 Å². The fourth-order valence-electron chi connectivity index (χ4n) is 2.81. The van der Waals surface area contributed by atoms with Crippen LogP contribution in [0.25, 0.3) is 10.2 Å². The van der Waals surface area contributed by atoms with E-state index >= 15 is 0 Å². The maximum Gasteiger partial charge on any atom is 0.239 e. The number of hydrogen-bond donors (Lipinski definition) is 1. The molecule has 1 N–H and O–H groups in total. The van der Waals surface area contributed by atoms with Crippen molar-refractivity contribution in [3.63, 3.8) is 0 Å². The van der Waals surface area contributed by atoms with Crippen molar-refractivity contribution < 1.29 is 14.0 Å². The molecule has 0 saturated carbocycles. The number of carbonyl (C=O) groups is 2. The molecule has 0 spiro atoms. The van der Waals surface area contributed by atoms with Gasteiger partial charge in [-0.15, -0.1) is 11.3 Å². The fourth-order valence-corrected chi connectivity index (χ4v) is 3.77. The number of para-hydroxylation sites is 1. The minimum atomic E-state index is -0.314. The van der Waals surface area contributed by atoms with Gasteiger partial charge in [-0.25, -0.2) is 9.37 Å². The molecule has 0 bridgehead atoms. The van der Waals surface area contributed by atoms with Crippen LogP contribution in [0.5, 0.6) is 0 Å². The number of rotatable bonds is 8. The van der Waals surface area contributed by atoms with E-state index in [1.807, 2.05) is 31.2 Å². The predicted molar refractivity (Wildman–Crippen MR) is 108 cm³/mol. The van der Waals surface area contributed by atoms with Gasteiger partial charge in [-0.3, -0.25) is 9.59 Å². The highest BCUT2D eigenvalue weighted by Gasteiger charge is 2.16. The maximum absolute atomic E-state index is 12.9. The largest absolute Gasteiger partial charge is 0.350 e. The van der Waals surface area contributed by atoms with Gasteiger partial charge in [0.15, 0.2) is 0 Å². The van der Waals surface area contributed by atoms with E-state index in [1.165, 1.54) is 17.0 Å². The maximum atomic E-state index is 12.9. The van der Waals surface area contributed by atoms with Crippen molar-refractivity contribution in [2.24, 2.45) is 0 Å². The van der Waals surface area contributed by atoms with Crippen molar-refractivity contribution in [1.29, 1.82) is 0 Å². The van der Waals surface area contributed by atoms with E-state index in [2.05, 4.69) is 10.3 Å². The molecule has 0 aliphatic heterocycles. The minimum Gasteiger partial charge on any atom is -0.350 e. The first-order valence-electron chi connectivity index (χ1n) is 9.18. The van der Waals surface area contributed by atoms with Gasteiger partial charge in [-0.2, -0.15) is 0 Å². The van der Waals surface area contributed by atoms with Crippen LogP contribution in [0.15, 0.2) is 48.5 Å². The summed E-state index contributed by atoms with van der Waals surface area (Å²) in [6.45, 7) is 2.62. The third-order valence-electron chi connectivity index (χ3n) is 4.36. The third kappa shape index (κ3) is 5.36. The summed E-state index contributed by atoms with van der Waals surface area (Å²) >= 11 is 1.59. The lowest BCUT2D eigenvalue weighted by Crippen LogP contribution is -2.40. The standard InChI is InChI=1S/C21H22FN3O2S/c1-2-25(14-19(26)23-13-15-7-9-16(22)10-8-15)21(27)12-11-20-24-17-5-3-4-6-18(17)28-20/h3-10H,2,11-14H2,1H3,(H,23,26). The summed E-state index contributed by atoms with van der Waals surface area (Å²) in [5.41, 5.74) is 1.75. The lowest BCUT2D eigenvalue weighted by atomic mass is 10.2. The molecule has 28 heavy (non-hydrogen) atoms. The average molecular weight is 399 g/mol.